The second-order valence-corrected chi connectivity index (χ2v) is 5.74. The molecule has 0 atom stereocenters. The highest BCUT2D eigenvalue weighted by molar-refractivity contribution is 6.31. The zero-order chi connectivity index (χ0) is 17.3. The SMILES string of the molecule is O=C1CCCN(C(=O)c2ccc([N+](=O)[O-])cn2)c2ccc(Cl)cc21. The summed E-state index contributed by atoms with van der Waals surface area (Å²) in [6.07, 6.45) is 1.88. The number of carbonyl (C=O) groups excluding carboxylic acids is 2. The Morgan fingerprint density at radius 2 is 2.08 bits per heavy atom. The van der Waals surface area contributed by atoms with Crippen LogP contribution in [0.3, 0.4) is 0 Å². The third kappa shape index (κ3) is 2.98. The van der Waals surface area contributed by atoms with Gasteiger partial charge in [-0.2, -0.15) is 0 Å². The highest BCUT2D eigenvalue weighted by Crippen LogP contribution is 2.30. The normalized spacial score (nSPS) is 14.0. The number of fused-ring (bicyclic) bond motifs is 1. The number of benzene rings is 1. The molecule has 0 fully saturated rings. The molecule has 2 aromatic rings. The zero-order valence-corrected chi connectivity index (χ0v) is 13.2. The van der Waals surface area contributed by atoms with E-state index in [1.807, 2.05) is 0 Å². The fourth-order valence-corrected chi connectivity index (χ4v) is 2.76. The van der Waals surface area contributed by atoms with Crippen molar-refractivity contribution < 1.29 is 14.5 Å². The van der Waals surface area contributed by atoms with Gasteiger partial charge in [0, 0.05) is 29.6 Å². The number of halogens is 1. The molecule has 122 valence electrons. The van der Waals surface area contributed by atoms with Crippen LogP contribution in [0.15, 0.2) is 36.5 Å². The number of aromatic nitrogens is 1. The van der Waals surface area contributed by atoms with Crippen LogP contribution in [-0.2, 0) is 0 Å². The van der Waals surface area contributed by atoms with Crippen molar-refractivity contribution in [3.63, 3.8) is 0 Å². The van der Waals surface area contributed by atoms with Crippen molar-refractivity contribution in [3.8, 4) is 0 Å². The van der Waals surface area contributed by atoms with Gasteiger partial charge in [-0.05, 0) is 30.7 Å². The first-order valence-electron chi connectivity index (χ1n) is 7.22. The summed E-state index contributed by atoms with van der Waals surface area (Å²) in [7, 11) is 0. The molecular weight excluding hydrogens is 334 g/mol. The van der Waals surface area contributed by atoms with E-state index < -0.39 is 10.8 Å². The molecule has 0 aliphatic carbocycles. The largest absolute Gasteiger partial charge is 0.306 e. The van der Waals surface area contributed by atoms with Gasteiger partial charge in [-0.3, -0.25) is 19.7 Å². The van der Waals surface area contributed by atoms with Crippen LogP contribution in [0.2, 0.25) is 5.02 Å². The fourth-order valence-electron chi connectivity index (χ4n) is 2.59. The summed E-state index contributed by atoms with van der Waals surface area (Å²) >= 11 is 5.95. The quantitative estimate of drug-likeness (QED) is 0.615. The van der Waals surface area contributed by atoms with Crippen LogP contribution in [0, 0.1) is 10.1 Å². The molecule has 0 unspecified atom stereocenters. The van der Waals surface area contributed by atoms with E-state index in [-0.39, 0.29) is 17.2 Å². The number of nitro groups is 1. The highest BCUT2D eigenvalue weighted by Gasteiger charge is 2.27. The third-order valence-corrected chi connectivity index (χ3v) is 3.99. The molecule has 0 radical (unpaired) electrons. The van der Waals surface area contributed by atoms with E-state index in [0.717, 1.165) is 6.20 Å². The lowest BCUT2D eigenvalue weighted by Crippen LogP contribution is -2.32. The number of rotatable bonds is 2. The van der Waals surface area contributed by atoms with Crippen molar-refractivity contribution in [2.45, 2.75) is 12.8 Å². The Morgan fingerprint density at radius 3 is 2.75 bits per heavy atom. The average molecular weight is 346 g/mol. The van der Waals surface area contributed by atoms with E-state index >= 15 is 0 Å². The molecule has 7 nitrogen and oxygen atoms in total. The van der Waals surface area contributed by atoms with Crippen molar-refractivity contribution in [2.75, 3.05) is 11.4 Å². The van der Waals surface area contributed by atoms with Crippen LogP contribution in [-0.4, -0.2) is 28.1 Å². The van der Waals surface area contributed by atoms with Crippen molar-refractivity contribution in [2.24, 2.45) is 0 Å². The van der Waals surface area contributed by atoms with E-state index in [1.54, 1.807) is 18.2 Å². The molecular formula is C16H12ClN3O4. The van der Waals surface area contributed by atoms with Crippen LogP contribution in [0.4, 0.5) is 11.4 Å². The molecule has 2 heterocycles. The number of nitrogens with zero attached hydrogens (tertiary/aromatic N) is 3. The number of ketones is 1. The van der Waals surface area contributed by atoms with Crippen molar-refractivity contribution in [1.29, 1.82) is 0 Å². The molecule has 0 spiro atoms. The Bertz CT molecular complexity index is 836. The van der Waals surface area contributed by atoms with E-state index in [4.69, 9.17) is 11.6 Å². The average Bonchev–Trinajstić information content (AvgIpc) is 2.73. The van der Waals surface area contributed by atoms with Crippen molar-refractivity contribution in [1.82, 2.24) is 4.98 Å². The van der Waals surface area contributed by atoms with Gasteiger partial charge in [0.05, 0.1) is 10.6 Å². The minimum atomic E-state index is -0.580. The second kappa shape index (κ2) is 6.37. The molecule has 1 aromatic heterocycles. The Kier molecular flexibility index (Phi) is 4.26. The van der Waals surface area contributed by atoms with Crippen molar-refractivity contribution >= 4 is 34.7 Å². The summed E-state index contributed by atoms with van der Waals surface area (Å²) < 4.78 is 0. The number of amides is 1. The first kappa shape index (κ1) is 16.1. The summed E-state index contributed by atoms with van der Waals surface area (Å²) in [5.41, 5.74) is 0.767. The predicted octanol–water partition coefficient (Wildman–Crippen LogP) is 3.27. The van der Waals surface area contributed by atoms with Crippen LogP contribution in [0.25, 0.3) is 0 Å². The number of anilines is 1. The summed E-state index contributed by atoms with van der Waals surface area (Å²) in [6.45, 7) is 0.359. The Balaban J connectivity index is 1.99. The number of carbonyl (C=O) groups is 2. The van der Waals surface area contributed by atoms with Gasteiger partial charge < -0.3 is 4.90 Å². The Morgan fingerprint density at radius 1 is 1.29 bits per heavy atom. The molecule has 1 amide bonds. The molecule has 1 aliphatic heterocycles. The summed E-state index contributed by atoms with van der Waals surface area (Å²) in [5, 5.41) is 11.1. The number of hydrogen-bond acceptors (Lipinski definition) is 5. The number of pyridine rings is 1. The minimum Gasteiger partial charge on any atom is -0.306 e. The molecule has 0 saturated heterocycles. The van der Waals surface area contributed by atoms with Gasteiger partial charge in [0.15, 0.2) is 5.78 Å². The monoisotopic (exact) mass is 345 g/mol. The first-order valence-corrected chi connectivity index (χ1v) is 7.60. The second-order valence-electron chi connectivity index (χ2n) is 5.30. The van der Waals surface area contributed by atoms with Crippen molar-refractivity contribution in [3.05, 3.63) is 62.9 Å². The lowest BCUT2D eigenvalue weighted by molar-refractivity contribution is -0.385. The van der Waals surface area contributed by atoms with Crippen LogP contribution < -0.4 is 4.90 Å². The van der Waals surface area contributed by atoms with E-state index in [1.165, 1.54) is 17.0 Å². The lowest BCUT2D eigenvalue weighted by Gasteiger charge is -2.22. The molecule has 1 aromatic carbocycles. The molecule has 1 aliphatic rings. The maximum absolute atomic E-state index is 12.7. The van der Waals surface area contributed by atoms with Gasteiger partial charge >= 0.3 is 0 Å². The lowest BCUT2D eigenvalue weighted by atomic mass is 10.1. The maximum Gasteiger partial charge on any atom is 0.287 e. The predicted molar refractivity (Wildman–Crippen MR) is 87.6 cm³/mol. The van der Waals surface area contributed by atoms with E-state index in [2.05, 4.69) is 4.98 Å². The fraction of sp³-hybridized carbons (Fsp3) is 0.188. The molecule has 24 heavy (non-hydrogen) atoms. The van der Waals surface area contributed by atoms with Gasteiger partial charge in [-0.1, -0.05) is 11.6 Å². The number of hydrogen-bond donors (Lipinski definition) is 0. The van der Waals surface area contributed by atoms with E-state index in [9.17, 15) is 19.7 Å². The number of Topliss-reactive ketones (excluding diaryl/α,β-unsaturated/α-hetero) is 1. The van der Waals surface area contributed by atoms with Gasteiger partial charge in [-0.25, -0.2) is 4.98 Å². The Labute approximate surface area is 142 Å². The summed E-state index contributed by atoms with van der Waals surface area (Å²) in [6, 6.07) is 7.33. The topological polar surface area (TPSA) is 93.4 Å². The van der Waals surface area contributed by atoms with Crippen LogP contribution in [0.5, 0.6) is 0 Å². The Hall–Kier alpha value is -2.80. The van der Waals surface area contributed by atoms with Crippen LogP contribution >= 0.6 is 11.6 Å². The minimum absolute atomic E-state index is 0.0699. The van der Waals surface area contributed by atoms with E-state index in [0.29, 0.717) is 35.7 Å². The van der Waals surface area contributed by atoms with Gasteiger partial charge in [0.2, 0.25) is 0 Å². The summed E-state index contributed by atoms with van der Waals surface area (Å²) in [4.78, 5) is 40.4. The molecule has 0 saturated carbocycles. The molecule has 3 rings (SSSR count). The molecule has 8 heteroatoms. The molecule has 0 bridgehead atoms. The maximum atomic E-state index is 12.7. The van der Waals surface area contributed by atoms with Gasteiger partial charge in [-0.15, -0.1) is 0 Å². The third-order valence-electron chi connectivity index (χ3n) is 3.76. The highest BCUT2D eigenvalue weighted by atomic mass is 35.5. The van der Waals surface area contributed by atoms with Gasteiger partial charge in [0.1, 0.15) is 11.9 Å². The van der Waals surface area contributed by atoms with Gasteiger partial charge in [0.25, 0.3) is 11.6 Å². The summed E-state index contributed by atoms with van der Waals surface area (Å²) in [5.74, 6) is -0.484. The standard InChI is InChI=1S/C16H12ClN3O4/c17-10-3-6-14-12(8-10)15(21)2-1-7-19(14)16(22)13-5-4-11(9-18-13)20(23)24/h3-6,8-9H,1-2,7H2. The van der Waals surface area contributed by atoms with Crippen LogP contribution in [0.1, 0.15) is 33.7 Å². The first-order chi connectivity index (χ1) is 11.5. The zero-order valence-electron chi connectivity index (χ0n) is 12.4. The smallest absolute Gasteiger partial charge is 0.287 e. The molecule has 0 N–H and O–H groups in total.